The molecule has 0 saturated carbocycles. The van der Waals surface area contributed by atoms with Crippen LogP contribution in [0.5, 0.6) is 11.5 Å². The highest BCUT2D eigenvalue weighted by Gasteiger charge is 2.44. The van der Waals surface area contributed by atoms with E-state index in [2.05, 4.69) is 97.1 Å². The van der Waals surface area contributed by atoms with Crippen LogP contribution in [0, 0.1) is 0 Å². The van der Waals surface area contributed by atoms with Crippen LogP contribution in [0.2, 0.25) is 0 Å². The summed E-state index contributed by atoms with van der Waals surface area (Å²) in [5, 5.41) is 22.1. The summed E-state index contributed by atoms with van der Waals surface area (Å²) in [5.74, 6) is 0.594. The van der Waals surface area contributed by atoms with Crippen molar-refractivity contribution in [1.29, 1.82) is 0 Å². The van der Waals surface area contributed by atoms with Gasteiger partial charge in [0.25, 0.3) is 0 Å². The Bertz CT molecular complexity index is 1730. The first-order valence-corrected chi connectivity index (χ1v) is 14.5. The van der Waals surface area contributed by atoms with Gasteiger partial charge in [-0.2, -0.15) is 0 Å². The fourth-order valence-electron chi connectivity index (χ4n) is 6.77. The Kier molecular flexibility index (Phi) is 6.60. The van der Waals surface area contributed by atoms with Crippen molar-refractivity contribution in [3.8, 4) is 11.5 Å². The van der Waals surface area contributed by atoms with E-state index in [1.807, 2.05) is 48.5 Å². The van der Waals surface area contributed by atoms with E-state index in [1.165, 1.54) is 22.3 Å². The SMILES string of the molecule is Oc1ccc(C2(c3ccc(O)c(Cc4ccccc4)c3)c3ccccc3Cc3ccccc32)cc1Cc1ccccc1. The Morgan fingerprint density at radius 2 is 0.857 bits per heavy atom. The van der Waals surface area contributed by atoms with Crippen LogP contribution in [-0.4, -0.2) is 10.2 Å². The van der Waals surface area contributed by atoms with Crippen molar-refractivity contribution in [2.24, 2.45) is 0 Å². The molecule has 0 atom stereocenters. The molecule has 0 radical (unpaired) electrons. The third kappa shape index (κ3) is 4.46. The van der Waals surface area contributed by atoms with Crippen LogP contribution in [-0.2, 0) is 24.7 Å². The summed E-state index contributed by atoms with van der Waals surface area (Å²) in [7, 11) is 0. The van der Waals surface area contributed by atoms with Gasteiger partial charge in [-0.25, -0.2) is 0 Å². The summed E-state index contributed by atoms with van der Waals surface area (Å²) in [6, 6.07) is 50.2. The number of hydrogen-bond acceptors (Lipinski definition) is 2. The van der Waals surface area contributed by atoms with Gasteiger partial charge in [0.15, 0.2) is 0 Å². The maximum Gasteiger partial charge on any atom is 0.119 e. The van der Waals surface area contributed by atoms with Crippen molar-refractivity contribution in [1.82, 2.24) is 0 Å². The van der Waals surface area contributed by atoms with Crippen molar-refractivity contribution >= 4 is 0 Å². The molecule has 0 aromatic heterocycles. The van der Waals surface area contributed by atoms with Gasteiger partial charge in [-0.15, -0.1) is 0 Å². The van der Waals surface area contributed by atoms with Crippen molar-refractivity contribution < 1.29 is 10.2 Å². The molecule has 0 fully saturated rings. The van der Waals surface area contributed by atoms with Crippen LogP contribution in [0.15, 0.2) is 146 Å². The second-order valence-corrected chi connectivity index (χ2v) is 11.3. The van der Waals surface area contributed by atoms with Gasteiger partial charge < -0.3 is 10.2 Å². The summed E-state index contributed by atoms with van der Waals surface area (Å²) < 4.78 is 0. The van der Waals surface area contributed by atoms with Crippen LogP contribution >= 0.6 is 0 Å². The van der Waals surface area contributed by atoms with E-state index in [9.17, 15) is 10.2 Å². The standard InChI is InChI=1S/C40H32O2/c41-38-21-19-34(26-32(38)23-28-11-3-1-4-12-28)40(35-20-22-39(42)33(27-35)24-29-13-5-2-6-14-29)36-17-9-7-15-30(36)25-31-16-8-10-18-37(31)40/h1-22,26-27,41-42H,23-25H2. The van der Waals surface area contributed by atoms with E-state index >= 15 is 0 Å². The van der Waals surface area contributed by atoms with E-state index < -0.39 is 5.41 Å². The Morgan fingerprint density at radius 3 is 1.31 bits per heavy atom. The zero-order chi connectivity index (χ0) is 28.5. The smallest absolute Gasteiger partial charge is 0.119 e. The molecule has 2 nitrogen and oxygen atoms in total. The fraction of sp³-hybridized carbons (Fsp3) is 0.100. The summed E-state index contributed by atoms with van der Waals surface area (Å²) in [6.07, 6.45) is 2.13. The van der Waals surface area contributed by atoms with Crippen LogP contribution in [0.3, 0.4) is 0 Å². The molecule has 0 spiro atoms. The van der Waals surface area contributed by atoms with Gasteiger partial charge in [0.2, 0.25) is 0 Å². The molecule has 0 unspecified atom stereocenters. The largest absolute Gasteiger partial charge is 0.508 e. The number of hydrogen-bond donors (Lipinski definition) is 2. The van der Waals surface area contributed by atoms with Gasteiger partial charge in [0.05, 0.1) is 5.41 Å². The van der Waals surface area contributed by atoms with Gasteiger partial charge >= 0.3 is 0 Å². The van der Waals surface area contributed by atoms with Gasteiger partial charge in [-0.1, -0.05) is 133 Å². The lowest BCUT2D eigenvalue weighted by Crippen LogP contribution is -2.36. The predicted octanol–water partition coefficient (Wildman–Crippen LogP) is 8.57. The lowest BCUT2D eigenvalue weighted by Gasteiger charge is -2.42. The van der Waals surface area contributed by atoms with Crippen molar-refractivity contribution in [3.63, 3.8) is 0 Å². The van der Waals surface area contributed by atoms with Crippen molar-refractivity contribution in [2.45, 2.75) is 24.7 Å². The minimum Gasteiger partial charge on any atom is -0.508 e. The molecule has 2 N–H and O–H groups in total. The number of aromatic hydroxyl groups is 2. The zero-order valence-electron chi connectivity index (χ0n) is 23.4. The van der Waals surface area contributed by atoms with Crippen LogP contribution in [0.25, 0.3) is 0 Å². The summed E-state index contributed by atoms with van der Waals surface area (Å²) in [6.45, 7) is 0. The van der Waals surface area contributed by atoms with Crippen LogP contribution in [0.4, 0.5) is 0 Å². The summed E-state index contributed by atoms with van der Waals surface area (Å²) >= 11 is 0. The first kappa shape index (κ1) is 25.9. The molecule has 7 rings (SSSR count). The zero-order valence-corrected chi connectivity index (χ0v) is 23.4. The first-order chi connectivity index (χ1) is 20.6. The molecule has 6 aromatic carbocycles. The molecule has 1 aliphatic carbocycles. The monoisotopic (exact) mass is 544 g/mol. The average molecular weight is 545 g/mol. The quantitative estimate of drug-likeness (QED) is 0.220. The summed E-state index contributed by atoms with van der Waals surface area (Å²) in [5.41, 5.74) is 10.7. The maximum atomic E-state index is 11.1. The normalized spacial score (nSPS) is 13.2. The minimum atomic E-state index is -0.635. The molecule has 0 amide bonds. The summed E-state index contributed by atoms with van der Waals surface area (Å²) in [4.78, 5) is 0. The van der Waals surface area contributed by atoms with E-state index in [-0.39, 0.29) is 0 Å². The molecule has 0 heterocycles. The Balaban J connectivity index is 1.50. The molecular formula is C40H32O2. The highest BCUT2D eigenvalue weighted by atomic mass is 16.3. The average Bonchev–Trinajstić information content (AvgIpc) is 3.03. The molecule has 1 aliphatic rings. The molecule has 0 bridgehead atoms. The lowest BCUT2D eigenvalue weighted by atomic mass is 9.59. The van der Waals surface area contributed by atoms with Crippen molar-refractivity contribution in [3.05, 3.63) is 201 Å². The van der Waals surface area contributed by atoms with Gasteiger partial charge in [0, 0.05) is 12.8 Å². The maximum absolute atomic E-state index is 11.1. The highest BCUT2D eigenvalue weighted by molar-refractivity contribution is 5.68. The van der Waals surface area contributed by atoms with Gasteiger partial charge in [-0.05, 0) is 74.2 Å². The lowest BCUT2D eigenvalue weighted by molar-refractivity contribution is 0.468. The van der Waals surface area contributed by atoms with Crippen molar-refractivity contribution in [2.75, 3.05) is 0 Å². The van der Waals surface area contributed by atoms with Crippen LogP contribution < -0.4 is 0 Å². The third-order valence-corrected chi connectivity index (χ3v) is 8.72. The molecule has 42 heavy (non-hydrogen) atoms. The van der Waals surface area contributed by atoms with E-state index in [0.29, 0.717) is 24.3 Å². The Morgan fingerprint density at radius 1 is 0.452 bits per heavy atom. The Hall–Kier alpha value is -5.08. The molecule has 204 valence electrons. The van der Waals surface area contributed by atoms with Gasteiger partial charge in [0.1, 0.15) is 11.5 Å². The minimum absolute atomic E-state index is 0.297. The third-order valence-electron chi connectivity index (χ3n) is 8.72. The molecule has 0 saturated heterocycles. The van der Waals surface area contributed by atoms with Crippen LogP contribution in [0.1, 0.15) is 55.6 Å². The van der Waals surface area contributed by atoms with E-state index in [1.54, 1.807) is 0 Å². The predicted molar refractivity (Wildman–Crippen MR) is 169 cm³/mol. The number of phenols is 2. The number of phenolic OH excluding ortho intramolecular Hbond substituents is 2. The Labute approximate surface area is 247 Å². The second kappa shape index (κ2) is 10.7. The molecule has 0 aliphatic heterocycles. The first-order valence-electron chi connectivity index (χ1n) is 14.5. The molecule has 2 heteroatoms. The number of benzene rings is 6. The highest BCUT2D eigenvalue weighted by Crippen LogP contribution is 2.52. The second-order valence-electron chi connectivity index (χ2n) is 11.3. The number of rotatable bonds is 6. The van der Waals surface area contributed by atoms with Gasteiger partial charge in [-0.3, -0.25) is 0 Å². The molecular weight excluding hydrogens is 512 g/mol. The topological polar surface area (TPSA) is 40.5 Å². The fourth-order valence-corrected chi connectivity index (χ4v) is 6.77. The van der Waals surface area contributed by atoms with E-state index in [0.717, 1.165) is 39.8 Å². The van der Waals surface area contributed by atoms with E-state index in [4.69, 9.17) is 0 Å². The molecule has 6 aromatic rings. The number of fused-ring (bicyclic) bond motifs is 2.